The predicted octanol–water partition coefficient (Wildman–Crippen LogP) is 3.05. The molecule has 1 saturated heterocycles. The number of hydrogen-bond donors (Lipinski definition) is 0. The number of nitriles is 1. The number of pyridine rings is 2. The molecule has 4 aromatic rings. The van der Waals surface area contributed by atoms with Gasteiger partial charge in [-0.1, -0.05) is 12.1 Å². The second kappa shape index (κ2) is 5.93. The van der Waals surface area contributed by atoms with E-state index in [2.05, 4.69) is 46.0 Å². The minimum atomic E-state index is 0.543. The van der Waals surface area contributed by atoms with Crippen molar-refractivity contribution in [2.45, 2.75) is 12.5 Å². The fourth-order valence-electron chi connectivity index (χ4n) is 4.14. The number of rotatable bonds is 2. The van der Waals surface area contributed by atoms with Crippen molar-refractivity contribution in [2.24, 2.45) is 0 Å². The first-order valence-corrected chi connectivity index (χ1v) is 9.18. The first-order chi connectivity index (χ1) is 13.2. The van der Waals surface area contributed by atoms with E-state index in [0.29, 0.717) is 17.3 Å². The zero-order chi connectivity index (χ0) is 18.5. The molecule has 1 fully saturated rings. The third kappa shape index (κ3) is 2.36. The van der Waals surface area contributed by atoms with Crippen molar-refractivity contribution in [3.05, 3.63) is 48.2 Å². The highest BCUT2D eigenvalue weighted by Crippen LogP contribution is 2.32. The van der Waals surface area contributed by atoms with Crippen LogP contribution in [0.4, 0.5) is 5.69 Å². The van der Waals surface area contributed by atoms with Crippen molar-refractivity contribution in [1.29, 1.82) is 5.26 Å². The zero-order valence-electron chi connectivity index (χ0n) is 15.4. The van der Waals surface area contributed by atoms with Crippen molar-refractivity contribution in [3.63, 3.8) is 0 Å². The molecule has 0 saturated carbocycles. The van der Waals surface area contributed by atoms with Crippen LogP contribution in [0.2, 0.25) is 0 Å². The quantitative estimate of drug-likeness (QED) is 0.552. The molecule has 3 aromatic heterocycles. The average molecular weight is 356 g/mol. The number of imidazole rings is 1. The molecule has 1 aliphatic rings. The third-order valence-corrected chi connectivity index (χ3v) is 5.60. The van der Waals surface area contributed by atoms with E-state index < -0.39 is 0 Å². The summed E-state index contributed by atoms with van der Waals surface area (Å²) in [5.74, 6) is 0. The van der Waals surface area contributed by atoms with Crippen LogP contribution >= 0.6 is 0 Å². The minimum Gasteiger partial charge on any atom is -0.369 e. The summed E-state index contributed by atoms with van der Waals surface area (Å²) < 4.78 is 2.02. The van der Waals surface area contributed by atoms with Crippen LogP contribution in [0.5, 0.6) is 0 Å². The largest absolute Gasteiger partial charge is 0.369 e. The van der Waals surface area contributed by atoms with Gasteiger partial charge in [0.15, 0.2) is 5.65 Å². The maximum atomic E-state index is 9.75. The Labute approximate surface area is 157 Å². The number of hydrogen-bond acceptors (Lipinski definition) is 5. The third-order valence-electron chi connectivity index (χ3n) is 5.60. The molecule has 0 aliphatic carbocycles. The molecule has 0 radical (unpaired) electrons. The number of anilines is 1. The molecule has 0 N–H and O–H groups in total. The van der Waals surface area contributed by atoms with Gasteiger partial charge in [0.2, 0.25) is 0 Å². The maximum absolute atomic E-state index is 9.75. The fraction of sp³-hybridized carbons (Fsp3) is 0.286. The van der Waals surface area contributed by atoms with Crippen LogP contribution in [0.25, 0.3) is 27.7 Å². The van der Waals surface area contributed by atoms with E-state index in [1.807, 2.05) is 40.9 Å². The molecule has 0 amide bonds. The number of para-hydroxylation sites is 2. The normalized spacial score (nSPS) is 17.4. The lowest BCUT2D eigenvalue weighted by Crippen LogP contribution is -2.31. The monoisotopic (exact) mass is 356 g/mol. The van der Waals surface area contributed by atoms with Crippen molar-refractivity contribution >= 4 is 33.4 Å². The second-order valence-corrected chi connectivity index (χ2v) is 7.35. The topological polar surface area (TPSA) is 60.5 Å². The van der Waals surface area contributed by atoms with E-state index in [1.165, 1.54) is 0 Å². The first-order valence-electron chi connectivity index (χ1n) is 9.18. The maximum Gasteiger partial charge on any atom is 0.157 e. The van der Waals surface area contributed by atoms with Gasteiger partial charge < -0.3 is 9.80 Å². The molecule has 134 valence electrons. The highest BCUT2D eigenvalue weighted by atomic mass is 15.2. The van der Waals surface area contributed by atoms with Gasteiger partial charge in [0.25, 0.3) is 0 Å². The first kappa shape index (κ1) is 16.0. The van der Waals surface area contributed by atoms with E-state index in [-0.39, 0.29) is 0 Å². The Kier molecular flexibility index (Phi) is 3.52. The van der Waals surface area contributed by atoms with Gasteiger partial charge in [-0.3, -0.25) is 4.40 Å². The number of aromatic nitrogens is 3. The van der Waals surface area contributed by atoms with E-state index >= 15 is 0 Å². The summed E-state index contributed by atoms with van der Waals surface area (Å²) in [7, 11) is 4.27. The summed E-state index contributed by atoms with van der Waals surface area (Å²) in [6, 6.07) is 14.8. The van der Waals surface area contributed by atoms with Crippen LogP contribution in [0.1, 0.15) is 12.0 Å². The van der Waals surface area contributed by atoms with Gasteiger partial charge in [0, 0.05) is 36.4 Å². The van der Waals surface area contributed by atoms with Gasteiger partial charge in [-0.25, -0.2) is 9.97 Å². The Hall–Kier alpha value is -3.17. The smallest absolute Gasteiger partial charge is 0.157 e. The molecule has 5 rings (SSSR count). The molecular formula is C21H20N6. The molecule has 4 heterocycles. The van der Waals surface area contributed by atoms with Crippen LogP contribution in [-0.4, -0.2) is 52.5 Å². The molecular weight excluding hydrogens is 336 g/mol. The summed E-state index contributed by atoms with van der Waals surface area (Å²) in [4.78, 5) is 14.0. The fourth-order valence-corrected chi connectivity index (χ4v) is 4.14. The highest BCUT2D eigenvalue weighted by Gasteiger charge is 2.26. The molecule has 1 aliphatic heterocycles. The van der Waals surface area contributed by atoms with Crippen molar-refractivity contribution in [1.82, 2.24) is 19.3 Å². The van der Waals surface area contributed by atoms with Crippen LogP contribution in [0, 0.1) is 11.3 Å². The molecule has 1 atom stereocenters. The molecule has 0 spiro atoms. The van der Waals surface area contributed by atoms with Gasteiger partial charge >= 0.3 is 0 Å². The molecule has 1 aromatic carbocycles. The van der Waals surface area contributed by atoms with Crippen LogP contribution < -0.4 is 4.90 Å². The van der Waals surface area contributed by atoms with Crippen molar-refractivity contribution in [3.8, 4) is 6.07 Å². The van der Waals surface area contributed by atoms with Crippen LogP contribution in [0.3, 0.4) is 0 Å². The van der Waals surface area contributed by atoms with Gasteiger partial charge in [-0.05, 0) is 44.8 Å². The van der Waals surface area contributed by atoms with E-state index in [9.17, 15) is 5.26 Å². The number of benzene rings is 1. The van der Waals surface area contributed by atoms with Crippen LogP contribution in [-0.2, 0) is 0 Å². The van der Waals surface area contributed by atoms with Crippen molar-refractivity contribution in [2.75, 3.05) is 32.1 Å². The Balaban J connectivity index is 1.80. The molecule has 6 heteroatoms. The average Bonchev–Trinajstić information content (AvgIpc) is 3.32. The summed E-state index contributed by atoms with van der Waals surface area (Å²) in [6.45, 7) is 1.99. The summed E-state index contributed by atoms with van der Waals surface area (Å²) >= 11 is 0. The molecule has 27 heavy (non-hydrogen) atoms. The Morgan fingerprint density at radius 2 is 2.04 bits per heavy atom. The minimum absolute atomic E-state index is 0.543. The predicted molar refractivity (Wildman–Crippen MR) is 107 cm³/mol. The summed E-state index contributed by atoms with van der Waals surface area (Å²) in [5.41, 5.74) is 5.10. The lowest BCUT2D eigenvalue weighted by atomic mass is 10.1. The zero-order valence-corrected chi connectivity index (χ0v) is 15.4. The highest BCUT2D eigenvalue weighted by molar-refractivity contribution is 5.97. The second-order valence-electron chi connectivity index (χ2n) is 7.35. The van der Waals surface area contributed by atoms with Gasteiger partial charge in [-0.15, -0.1) is 0 Å². The van der Waals surface area contributed by atoms with Gasteiger partial charge in [0.1, 0.15) is 11.7 Å². The van der Waals surface area contributed by atoms with Gasteiger partial charge in [-0.2, -0.15) is 5.26 Å². The van der Waals surface area contributed by atoms with E-state index in [4.69, 9.17) is 0 Å². The number of likely N-dealkylation sites (N-methyl/N-ethyl adjacent to an activating group) is 1. The number of fused-ring (bicyclic) bond motifs is 5. The Bertz CT molecular complexity index is 1220. The Morgan fingerprint density at radius 1 is 1.19 bits per heavy atom. The number of nitrogens with zero attached hydrogens (tertiary/aromatic N) is 6. The Morgan fingerprint density at radius 3 is 2.81 bits per heavy atom. The van der Waals surface area contributed by atoms with Crippen LogP contribution in [0.15, 0.2) is 42.6 Å². The standard InChI is InChI=1S/C21H20N6/c1-25(2)15-8-10-26(13-15)18-7-9-23-21-16(18)11-14(12-22)20-24-17-5-3-4-6-19(17)27(20)21/h3-7,9,11,15H,8,10,13H2,1-2H3/t15-/m1/s1. The lowest BCUT2D eigenvalue weighted by Gasteiger charge is -2.23. The van der Waals surface area contributed by atoms with E-state index in [1.54, 1.807) is 0 Å². The molecule has 0 unspecified atom stereocenters. The van der Waals surface area contributed by atoms with Gasteiger partial charge in [0.05, 0.1) is 16.6 Å². The summed E-state index contributed by atoms with van der Waals surface area (Å²) in [6.07, 6.45) is 3.00. The summed E-state index contributed by atoms with van der Waals surface area (Å²) in [5, 5.41) is 10.8. The lowest BCUT2D eigenvalue weighted by molar-refractivity contribution is 0.315. The van der Waals surface area contributed by atoms with Crippen molar-refractivity contribution < 1.29 is 0 Å². The molecule has 6 nitrogen and oxygen atoms in total. The van der Waals surface area contributed by atoms with E-state index in [0.717, 1.165) is 47.3 Å². The SMILES string of the molecule is CN(C)[C@@H]1CCN(c2ccnc3c2cc(C#N)c2nc4ccccc4n23)C1. The molecule has 0 bridgehead atoms.